The van der Waals surface area contributed by atoms with E-state index in [4.69, 9.17) is 23.2 Å². The molecule has 19 heavy (non-hydrogen) atoms. The van der Waals surface area contributed by atoms with Crippen LogP contribution in [0.1, 0.15) is 10.4 Å². The predicted molar refractivity (Wildman–Crippen MR) is 74.1 cm³/mol. The molecule has 0 fully saturated rings. The van der Waals surface area contributed by atoms with Crippen molar-refractivity contribution < 1.29 is 13.2 Å². The first-order valence-corrected chi connectivity index (χ1v) is 7.87. The van der Waals surface area contributed by atoms with Gasteiger partial charge < -0.3 is 4.90 Å². The van der Waals surface area contributed by atoms with E-state index in [1.807, 2.05) is 0 Å². The first-order valence-electron chi connectivity index (χ1n) is 5.22. The lowest BCUT2D eigenvalue weighted by Crippen LogP contribution is -2.35. The number of rotatable bonds is 5. The van der Waals surface area contributed by atoms with Crippen molar-refractivity contribution in [2.75, 3.05) is 26.4 Å². The quantitative estimate of drug-likeness (QED) is 0.819. The minimum atomic E-state index is -3.26. The zero-order valence-corrected chi connectivity index (χ0v) is 12.7. The topological polar surface area (TPSA) is 79.4 Å². The number of aromatic nitrogens is 1. The second-order valence-corrected chi connectivity index (χ2v) is 6.50. The van der Waals surface area contributed by atoms with Gasteiger partial charge in [0, 0.05) is 25.7 Å². The van der Waals surface area contributed by atoms with Gasteiger partial charge in [-0.2, -0.15) is 0 Å². The molecule has 0 atom stereocenters. The molecule has 0 aliphatic rings. The summed E-state index contributed by atoms with van der Waals surface area (Å²) in [5.74, 6) is -0.318. The molecule has 1 heterocycles. The van der Waals surface area contributed by atoms with Gasteiger partial charge in [-0.05, 0) is 12.1 Å². The molecule has 0 aromatic carbocycles. The van der Waals surface area contributed by atoms with E-state index >= 15 is 0 Å². The van der Waals surface area contributed by atoms with Crippen LogP contribution in [0.25, 0.3) is 0 Å². The Morgan fingerprint density at radius 3 is 2.37 bits per heavy atom. The number of pyridine rings is 1. The van der Waals surface area contributed by atoms with Crippen LogP contribution in [0.5, 0.6) is 0 Å². The summed E-state index contributed by atoms with van der Waals surface area (Å²) in [6.45, 7) is 0.358. The van der Waals surface area contributed by atoms with Crippen LogP contribution in [0, 0.1) is 0 Å². The zero-order chi connectivity index (χ0) is 14.6. The number of halogens is 2. The summed E-state index contributed by atoms with van der Waals surface area (Å²) in [5.41, 5.74) is 0.298. The monoisotopic (exact) mass is 325 g/mol. The number of hydrogen-bond donors (Lipinski definition) is 1. The van der Waals surface area contributed by atoms with Crippen molar-refractivity contribution in [3.05, 3.63) is 28.0 Å². The molecule has 6 nitrogen and oxygen atoms in total. The van der Waals surface area contributed by atoms with Crippen LogP contribution in [0.3, 0.4) is 0 Å². The Kier molecular flexibility index (Phi) is 5.54. The first kappa shape index (κ1) is 16.2. The number of likely N-dealkylation sites (N-methyl/N-ethyl adjacent to an activating group) is 1. The standard InChI is InChI=1S/C10H13Cl2N3O3S/c1-15(4-3-13-19(2,17)18)10(16)7-5-8(11)14-9(12)6-7/h5-6,13H,3-4H2,1-2H3. The van der Waals surface area contributed by atoms with Crippen molar-refractivity contribution in [1.82, 2.24) is 14.6 Å². The highest BCUT2D eigenvalue weighted by atomic mass is 35.5. The summed E-state index contributed by atoms with van der Waals surface area (Å²) in [7, 11) is -1.71. The number of carbonyl (C=O) groups excluding carboxylic acids is 1. The van der Waals surface area contributed by atoms with E-state index in [0.29, 0.717) is 5.56 Å². The van der Waals surface area contributed by atoms with E-state index < -0.39 is 10.0 Å². The number of sulfonamides is 1. The fourth-order valence-electron chi connectivity index (χ4n) is 1.31. The number of hydrogen-bond acceptors (Lipinski definition) is 4. The van der Waals surface area contributed by atoms with Gasteiger partial charge in [0.15, 0.2) is 0 Å². The summed E-state index contributed by atoms with van der Waals surface area (Å²) in [5, 5.41) is 0.247. The fraction of sp³-hybridized carbons (Fsp3) is 0.400. The average molecular weight is 326 g/mol. The largest absolute Gasteiger partial charge is 0.340 e. The van der Waals surface area contributed by atoms with Crippen molar-refractivity contribution in [2.24, 2.45) is 0 Å². The lowest BCUT2D eigenvalue weighted by Gasteiger charge is -2.17. The Hall–Kier alpha value is -0.890. The normalized spacial score (nSPS) is 11.4. The highest BCUT2D eigenvalue weighted by Gasteiger charge is 2.14. The number of nitrogens with zero attached hydrogens (tertiary/aromatic N) is 2. The van der Waals surface area contributed by atoms with Crippen LogP contribution >= 0.6 is 23.2 Å². The molecule has 0 aliphatic carbocycles. The van der Waals surface area contributed by atoms with Crippen LogP contribution in [0.2, 0.25) is 10.3 Å². The maximum absolute atomic E-state index is 12.0. The van der Waals surface area contributed by atoms with Gasteiger partial charge in [0.05, 0.1) is 6.26 Å². The van der Waals surface area contributed by atoms with Crippen LogP contribution in [-0.4, -0.2) is 50.6 Å². The van der Waals surface area contributed by atoms with Crippen LogP contribution in [0.4, 0.5) is 0 Å². The average Bonchev–Trinajstić information content (AvgIpc) is 2.24. The van der Waals surface area contributed by atoms with E-state index in [1.165, 1.54) is 17.0 Å². The lowest BCUT2D eigenvalue weighted by atomic mass is 10.2. The summed E-state index contributed by atoms with van der Waals surface area (Å²) >= 11 is 11.4. The zero-order valence-electron chi connectivity index (χ0n) is 10.4. The molecule has 1 N–H and O–H groups in total. The van der Waals surface area contributed by atoms with Crippen molar-refractivity contribution >= 4 is 39.1 Å². The SMILES string of the molecule is CN(CCNS(C)(=O)=O)C(=O)c1cc(Cl)nc(Cl)c1. The van der Waals surface area contributed by atoms with E-state index in [2.05, 4.69) is 9.71 Å². The molecule has 1 aromatic rings. The van der Waals surface area contributed by atoms with E-state index in [0.717, 1.165) is 6.26 Å². The maximum Gasteiger partial charge on any atom is 0.253 e. The van der Waals surface area contributed by atoms with Crippen molar-refractivity contribution in [1.29, 1.82) is 0 Å². The molecule has 0 saturated carbocycles. The third kappa shape index (κ3) is 5.73. The van der Waals surface area contributed by atoms with Gasteiger partial charge in [-0.3, -0.25) is 4.79 Å². The number of nitrogens with one attached hydrogen (secondary N) is 1. The summed E-state index contributed by atoms with van der Waals surface area (Å²) in [6.07, 6.45) is 1.05. The van der Waals surface area contributed by atoms with E-state index in [-0.39, 0.29) is 29.3 Å². The van der Waals surface area contributed by atoms with Crippen molar-refractivity contribution in [3.8, 4) is 0 Å². The second-order valence-electron chi connectivity index (χ2n) is 3.89. The van der Waals surface area contributed by atoms with Gasteiger partial charge in [0.25, 0.3) is 5.91 Å². The molecular formula is C10H13Cl2N3O3S. The molecule has 9 heteroatoms. The number of amides is 1. The summed E-state index contributed by atoms with van der Waals surface area (Å²) in [4.78, 5) is 17.1. The first-order chi connectivity index (χ1) is 8.69. The Morgan fingerprint density at radius 2 is 1.89 bits per heavy atom. The molecule has 0 bridgehead atoms. The van der Waals surface area contributed by atoms with Gasteiger partial charge in [-0.15, -0.1) is 0 Å². The van der Waals surface area contributed by atoms with Gasteiger partial charge in [0.1, 0.15) is 10.3 Å². The summed E-state index contributed by atoms with van der Waals surface area (Å²) < 4.78 is 24.1. The third-order valence-electron chi connectivity index (χ3n) is 2.17. The fourth-order valence-corrected chi connectivity index (χ4v) is 2.23. The van der Waals surface area contributed by atoms with Crippen LogP contribution < -0.4 is 4.72 Å². The molecule has 0 unspecified atom stereocenters. The van der Waals surface area contributed by atoms with Crippen molar-refractivity contribution in [2.45, 2.75) is 0 Å². The maximum atomic E-state index is 12.0. The van der Waals surface area contributed by atoms with E-state index in [1.54, 1.807) is 7.05 Å². The molecule has 0 spiro atoms. The molecule has 0 saturated heterocycles. The second kappa shape index (κ2) is 6.51. The molecule has 1 amide bonds. The lowest BCUT2D eigenvalue weighted by molar-refractivity contribution is 0.0797. The third-order valence-corrected chi connectivity index (χ3v) is 3.28. The minimum absolute atomic E-state index is 0.124. The van der Waals surface area contributed by atoms with Gasteiger partial charge in [-0.1, -0.05) is 23.2 Å². The molecule has 0 aliphatic heterocycles. The minimum Gasteiger partial charge on any atom is -0.340 e. The smallest absolute Gasteiger partial charge is 0.253 e. The predicted octanol–water partition coefficient (Wildman–Crippen LogP) is 1.01. The highest BCUT2D eigenvalue weighted by molar-refractivity contribution is 7.88. The highest BCUT2D eigenvalue weighted by Crippen LogP contribution is 2.15. The number of carbonyl (C=O) groups is 1. The van der Waals surface area contributed by atoms with Crippen LogP contribution in [0.15, 0.2) is 12.1 Å². The Labute approximate surface area is 121 Å². The molecule has 0 radical (unpaired) electrons. The summed E-state index contributed by atoms with van der Waals surface area (Å²) in [6, 6.07) is 2.80. The van der Waals surface area contributed by atoms with E-state index in [9.17, 15) is 13.2 Å². The molecule has 1 rings (SSSR count). The molecule has 1 aromatic heterocycles. The molecule has 106 valence electrons. The van der Waals surface area contributed by atoms with Gasteiger partial charge in [-0.25, -0.2) is 18.1 Å². The van der Waals surface area contributed by atoms with Gasteiger partial charge in [0.2, 0.25) is 10.0 Å². The molecular weight excluding hydrogens is 313 g/mol. The van der Waals surface area contributed by atoms with Crippen molar-refractivity contribution in [3.63, 3.8) is 0 Å². The van der Waals surface area contributed by atoms with Crippen LogP contribution in [-0.2, 0) is 10.0 Å². The van der Waals surface area contributed by atoms with Gasteiger partial charge >= 0.3 is 0 Å². The Bertz CT molecular complexity index is 557. The Balaban J connectivity index is 2.66. The Morgan fingerprint density at radius 1 is 1.37 bits per heavy atom.